The molecular formula is C18H20N2O6. The van der Waals surface area contributed by atoms with Crippen molar-refractivity contribution in [2.45, 2.75) is 13.0 Å². The van der Waals surface area contributed by atoms with Gasteiger partial charge in [0.15, 0.2) is 11.9 Å². The maximum absolute atomic E-state index is 12.3. The fourth-order valence-corrected chi connectivity index (χ4v) is 2.10. The zero-order chi connectivity index (χ0) is 18.9. The Kier molecular flexibility index (Phi) is 6.92. The van der Waals surface area contributed by atoms with Crippen LogP contribution in [-0.2, 0) is 9.53 Å². The molecule has 0 saturated carbocycles. The predicted octanol–water partition coefficient (Wildman–Crippen LogP) is 3.03. The van der Waals surface area contributed by atoms with E-state index >= 15 is 0 Å². The van der Waals surface area contributed by atoms with Crippen LogP contribution in [0.3, 0.4) is 0 Å². The highest BCUT2D eigenvalue weighted by Crippen LogP contribution is 2.27. The van der Waals surface area contributed by atoms with Crippen LogP contribution in [-0.4, -0.2) is 37.3 Å². The van der Waals surface area contributed by atoms with Crippen molar-refractivity contribution in [2.75, 3.05) is 25.6 Å². The number of para-hydroxylation sites is 2. The lowest BCUT2D eigenvalue weighted by molar-refractivity contribution is -0.386. The number of nitro benzene ring substituents is 1. The van der Waals surface area contributed by atoms with Gasteiger partial charge in [-0.1, -0.05) is 18.2 Å². The van der Waals surface area contributed by atoms with Gasteiger partial charge >= 0.3 is 5.69 Å². The lowest BCUT2D eigenvalue weighted by Gasteiger charge is -2.15. The smallest absolute Gasteiger partial charge is 0.310 e. The maximum Gasteiger partial charge on any atom is 0.310 e. The van der Waals surface area contributed by atoms with Crippen molar-refractivity contribution in [3.63, 3.8) is 0 Å². The number of ether oxygens (including phenoxy) is 3. The first-order chi connectivity index (χ1) is 12.5. The molecule has 0 aliphatic carbocycles. The number of nitro groups is 1. The summed E-state index contributed by atoms with van der Waals surface area (Å²) in [5.74, 6) is 0.195. The molecule has 0 bridgehead atoms. The fourth-order valence-electron chi connectivity index (χ4n) is 2.10. The second-order valence-corrected chi connectivity index (χ2v) is 5.34. The molecule has 2 aromatic rings. The molecule has 0 aromatic heterocycles. The van der Waals surface area contributed by atoms with E-state index in [4.69, 9.17) is 14.2 Å². The third-order valence-electron chi connectivity index (χ3n) is 3.39. The Labute approximate surface area is 150 Å². The number of nitrogens with one attached hydrogen (secondary N) is 1. The first-order valence-corrected chi connectivity index (χ1v) is 7.94. The molecule has 0 radical (unpaired) electrons. The zero-order valence-electron chi connectivity index (χ0n) is 14.5. The van der Waals surface area contributed by atoms with Crippen molar-refractivity contribution in [1.29, 1.82) is 0 Å². The number of benzene rings is 2. The van der Waals surface area contributed by atoms with Gasteiger partial charge in [-0.25, -0.2) is 0 Å². The highest BCUT2D eigenvalue weighted by molar-refractivity contribution is 5.94. The van der Waals surface area contributed by atoms with E-state index in [1.807, 2.05) is 0 Å². The number of anilines is 1. The van der Waals surface area contributed by atoms with E-state index in [1.165, 1.54) is 25.1 Å². The summed E-state index contributed by atoms with van der Waals surface area (Å²) in [6.07, 6.45) is -0.922. The van der Waals surface area contributed by atoms with Crippen molar-refractivity contribution in [3.05, 3.63) is 58.6 Å². The van der Waals surface area contributed by atoms with Crippen LogP contribution in [0, 0.1) is 10.1 Å². The Hall–Kier alpha value is -3.13. The molecule has 138 valence electrons. The second kappa shape index (κ2) is 9.38. The van der Waals surface area contributed by atoms with Crippen molar-refractivity contribution >= 4 is 17.3 Å². The Bertz CT molecular complexity index is 765. The summed E-state index contributed by atoms with van der Waals surface area (Å²) in [7, 11) is 1.58. The molecule has 0 aliphatic heterocycles. The van der Waals surface area contributed by atoms with Crippen LogP contribution in [0.5, 0.6) is 11.5 Å². The minimum Gasteiger partial charge on any atom is -0.491 e. The van der Waals surface area contributed by atoms with Crippen molar-refractivity contribution in [3.8, 4) is 11.5 Å². The molecule has 2 aromatic carbocycles. The van der Waals surface area contributed by atoms with Crippen LogP contribution < -0.4 is 14.8 Å². The van der Waals surface area contributed by atoms with Gasteiger partial charge in [0, 0.05) is 24.9 Å². The number of nitrogens with zero attached hydrogens (tertiary/aromatic N) is 1. The molecular weight excluding hydrogens is 340 g/mol. The summed E-state index contributed by atoms with van der Waals surface area (Å²) in [5.41, 5.74) is 0.337. The summed E-state index contributed by atoms with van der Waals surface area (Å²) in [4.78, 5) is 22.8. The lowest BCUT2D eigenvalue weighted by atomic mass is 10.2. The largest absolute Gasteiger partial charge is 0.491 e. The number of hydrogen-bond acceptors (Lipinski definition) is 6. The van der Waals surface area contributed by atoms with E-state index in [0.717, 1.165) is 0 Å². The van der Waals surface area contributed by atoms with Gasteiger partial charge in [0.25, 0.3) is 5.91 Å². The van der Waals surface area contributed by atoms with Crippen LogP contribution in [0.2, 0.25) is 0 Å². The number of hydrogen-bond donors (Lipinski definition) is 1. The normalized spacial score (nSPS) is 11.5. The molecule has 1 atom stereocenters. The van der Waals surface area contributed by atoms with Crippen molar-refractivity contribution in [1.82, 2.24) is 0 Å². The fraction of sp³-hybridized carbons (Fsp3) is 0.278. The molecule has 26 heavy (non-hydrogen) atoms. The topological polar surface area (TPSA) is 99.9 Å². The van der Waals surface area contributed by atoms with Crippen LogP contribution in [0.15, 0.2) is 48.5 Å². The van der Waals surface area contributed by atoms with Crippen LogP contribution in [0.1, 0.15) is 6.92 Å². The molecule has 1 unspecified atom stereocenters. The van der Waals surface area contributed by atoms with Crippen molar-refractivity contribution in [2.24, 2.45) is 0 Å². The quantitative estimate of drug-likeness (QED) is 0.419. The first-order valence-electron chi connectivity index (χ1n) is 7.94. The average molecular weight is 360 g/mol. The molecule has 0 saturated heterocycles. The Morgan fingerprint density at radius 2 is 1.96 bits per heavy atom. The van der Waals surface area contributed by atoms with Gasteiger partial charge in [0.1, 0.15) is 12.4 Å². The van der Waals surface area contributed by atoms with E-state index in [1.54, 1.807) is 37.4 Å². The standard InChI is InChI=1S/C18H20N2O6/c1-13(26-17-9-4-3-8-16(17)20(22)23)18(21)19-14-6-5-7-15(12-14)25-11-10-24-2/h3-9,12-13H,10-11H2,1-2H3,(H,19,21). The molecule has 8 nitrogen and oxygen atoms in total. The predicted molar refractivity (Wildman–Crippen MR) is 95.6 cm³/mol. The minimum absolute atomic E-state index is 0.0387. The van der Waals surface area contributed by atoms with Gasteiger partial charge in [-0.05, 0) is 25.1 Å². The Morgan fingerprint density at radius 1 is 1.19 bits per heavy atom. The zero-order valence-corrected chi connectivity index (χ0v) is 14.5. The third kappa shape index (κ3) is 5.45. The average Bonchev–Trinajstić information content (AvgIpc) is 2.62. The van der Waals surface area contributed by atoms with Gasteiger partial charge in [-0.3, -0.25) is 14.9 Å². The lowest BCUT2D eigenvalue weighted by Crippen LogP contribution is -2.30. The summed E-state index contributed by atoms with van der Waals surface area (Å²) >= 11 is 0. The summed E-state index contributed by atoms with van der Waals surface area (Å²) in [6, 6.07) is 12.8. The van der Waals surface area contributed by atoms with Crippen LogP contribution >= 0.6 is 0 Å². The van der Waals surface area contributed by atoms with E-state index in [2.05, 4.69) is 5.32 Å². The van der Waals surface area contributed by atoms with Crippen LogP contribution in [0.4, 0.5) is 11.4 Å². The number of rotatable bonds is 9. The van der Waals surface area contributed by atoms with Crippen molar-refractivity contribution < 1.29 is 23.9 Å². The third-order valence-corrected chi connectivity index (χ3v) is 3.39. The molecule has 2 rings (SSSR count). The van der Waals surface area contributed by atoms with Gasteiger partial charge in [0.05, 0.1) is 11.5 Å². The van der Waals surface area contributed by atoms with E-state index in [0.29, 0.717) is 24.7 Å². The van der Waals surface area contributed by atoms with Gasteiger partial charge in [0.2, 0.25) is 0 Å². The van der Waals surface area contributed by atoms with E-state index in [9.17, 15) is 14.9 Å². The molecule has 1 N–H and O–H groups in total. The molecule has 0 spiro atoms. The molecule has 1 amide bonds. The van der Waals surface area contributed by atoms with E-state index in [-0.39, 0.29) is 11.4 Å². The Balaban J connectivity index is 1.99. The second-order valence-electron chi connectivity index (χ2n) is 5.34. The molecule has 8 heteroatoms. The first kappa shape index (κ1) is 19.2. The van der Waals surface area contributed by atoms with Gasteiger partial charge < -0.3 is 19.5 Å². The summed E-state index contributed by atoms with van der Waals surface area (Å²) in [5, 5.41) is 13.7. The molecule has 0 fully saturated rings. The molecule has 0 heterocycles. The minimum atomic E-state index is -0.922. The SMILES string of the molecule is COCCOc1cccc(NC(=O)C(C)Oc2ccccc2[N+](=O)[O-])c1. The molecule has 0 aliphatic rings. The summed E-state index contributed by atoms with van der Waals surface area (Å²) in [6.45, 7) is 2.37. The highest BCUT2D eigenvalue weighted by Gasteiger charge is 2.20. The van der Waals surface area contributed by atoms with Gasteiger partial charge in [-0.15, -0.1) is 0 Å². The number of amides is 1. The highest BCUT2D eigenvalue weighted by atomic mass is 16.6. The van der Waals surface area contributed by atoms with Gasteiger partial charge in [-0.2, -0.15) is 0 Å². The monoisotopic (exact) mass is 360 g/mol. The maximum atomic E-state index is 12.3. The number of carbonyl (C=O) groups is 1. The number of carbonyl (C=O) groups excluding carboxylic acids is 1. The Morgan fingerprint density at radius 3 is 2.69 bits per heavy atom. The van der Waals surface area contributed by atoms with Crippen LogP contribution in [0.25, 0.3) is 0 Å². The van der Waals surface area contributed by atoms with E-state index < -0.39 is 16.9 Å². The summed E-state index contributed by atoms with van der Waals surface area (Å²) < 4.78 is 15.8. The number of methoxy groups -OCH3 is 1.